The van der Waals surface area contributed by atoms with E-state index in [0.717, 1.165) is 29.6 Å². The lowest BCUT2D eigenvalue weighted by Gasteiger charge is -2.20. The van der Waals surface area contributed by atoms with Crippen molar-refractivity contribution in [3.05, 3.63) is 23.2 Å². The summed E-state index contributed by atoms with van der Waals surface area (Å²) in [5.74, 6) is 0. The van der Waals surface area contributed by atoms with E-state index < -0.39 is 6.10 Å². The maximum Gasteiger partial charge on any atom is 0.224 e. The van der Waals surface area contributed by atoms with E-state index in [2.05, 4.69) is 28.4 Å². The van der Waals surface area contributed by atoms with Gasteiger partial charge in [-0.1, -0.05) is 13.8 Å². The molecule has 1 N–H and O–H groups in total. The predicted octanol–water partition coefficient (Wildman–Crippen LogP) is 3.50. The van der Waals surface area contributed by atoms with Crippen LogP contribution in [-0.4, -0.2) is 19.6 Å². The summed E-state index contributed by atoms with van der Waals surface area (Å²) in [5, 5.41) is 11.1. The number of halogens is 1. The quantitative estimate of drug-likeness (QED) is 0.863. The molecule has 1 atom stereocenters. The number of hydrogen-bond acceptors (Lipinski definition) is 3. The maximum absolute atomic E-state index is 9.91. The van der Waals surface area contributed by atoms with E-state index in [-0.39, 0.29) is 5.28 Å². The van der Waals surface area contributed by atoms with Crippen LogP contribution in [0.1, 0.15) is 51.5 Å². The van der Waals surface area contributed by atoms with Crippen molar-refractivity contribution in [2.75, 3.05) is 0 Å². The molecule has 2 aromatic heterocycles. The highest BCUT2D eigenvalue weighted by atomic mass is 35.5. The summed E-state index contributed by atoms with van der Waals surface area (Å²) in [6.07, 6.45) is 3.15. The second-order valence-corrected chi connectivity index (χ2v) is 4.84. The summed E-state index contributed by atoms with van der Waals surface area (Å²) in [7, 11) is 0. The molecule has 18 heavy (non-hydrogen) atoms. The van der Waals surface area contributed by atoms with Crippen LogP contribution in [0.4, 0.5) is 0 Å². The van der Waals surface area contributed by atoms with Crippen LogP contribution in [0.3, 0.4) is 0 Å². The molecule has 0 saturated carbocycles. The lowest BCUT2D eigenvalue weighted by molar-refractivity contribution is 0.186. The van der Waals surface area contributed by atoms with E-state index in [9.17, 15) is 5.11 Å². The smallest absolute Gasteiger partial charge is 0.224 e. The Hall–Kier alpha value is -1.13. The van der Waals surface area contributed by atoms with E-state index in [1.807, 2.05) is 6.07 Å². The van der Waals surface area contributed by atoms with E-state index in [1.54, 1.807) is 13.1 Å². The molecule has 0 aromatic carbocycles. The van der Waals surface area contributed by atoms with Crippen LogP contribution >= 0.6 is 11.6 Å². The van der Waals surface area contributed by atoms with Crippen molar-refractivity contribution in [2.45, 2.75) is 45.8 Å². The van der Waals surface area contributed by atoms with Gasteiger partial charge in [-0.15, -0.1) is 0 Å². The zero-order valence-electron chi connectivity index (χ0n) is 10.9. The Labute approximate surface area is 112 Å². The third-order valence-electron chi connectivity index (χ3n) is 3.31. The minimum absolute atomic E-state index is 0.241. The van der Waals surface area contributed by atoms with Gasteiger partial charge in [0.2, 0.25) is 5.28 Å². The third-order valence-corrected chi connectivity index (χ3v) is 3.49. The molecule has 0 aliphatic heterocycles. The molecule has 0 amide bonds. The zero-order chi connectivity index (χ0) is 13.3. The summed E-state index contributed by atoms with van der Waals surface area (Å²) < 4.78 is 2.09. The average Bonchev–Trinajstić information content (AvgIpc) is 2.70. The minimum atomic E-state index is -0.529. The van der Waals surface area contributed by atoms with Gasteiger partial charge >= 0.3 is 0 Å². The van der Waals surface area contributed by atoms with Crippen LogP contribution in [0.25, 0.3) is 11.0 Å². The number of aromatic nitrogens is 3. The van der Waals surface area contributed by atoms with Crippen molar-refractivity contribution >= 4 is 22.6 Å². The first-order chi connectivity index (χ1) is 8.58. The Morgan fingerprint density at radius 2 is 2.06 bits per heavy atom. The van der Waals surface area contributed by atoms with Crippen LogP contribution in [0.5, 0.6) is 0 Å². The van der Waals surface area contributed by atoms with Crippen molar-refractivity contribution < 1.29 is 5.11 Å². The highest BCUT2D eigenvalue weighted by molar-refractivity contribution is 6.28. The SMILES string of the molecule is CCC(CC)n1c([C@@H](C)O)cc2cnc(Cl)nc21. The van der Waals surface area contributed by atoms with Gasteiger partial charge in [-0.3, -0.25) is 0 Å². The molecule has 4 nitrogen and oxygen atoms in total. The van der Waals surface area contributed by atoms with Gasteiger partial charge < -0.3 is 9.67 Å². The van der Waals surface area contributed by atoms with Crippen LogP contribution in [-0.2, 0) is 0 Å². The largest absolute Gasteiger partial charge is 0.387 e. The van der Waals surface area contributed by atoms with Crippen molar-refractivity contribution in [3.63, 3.8) is 0 Å². The molecule has 0 unspecified atom stereocenters. The molecule has 98 valence electrons. The van der Waals surface area contributed by atoms with Gasteiger partial charge in [0.25, 0.3) is 0 Å². The molecular weight excluding hydrogens is 250 g/mol. The Bertz CT molecular complexity index is 546. The Morgan fingerprint density at radius 1 is 1.39 bits per heavy atom. The van der Waals surface area contributed by atoms with Crippen LogP contribution in [0.2, 0.25) is 5.28 Å². The predicted molar refractivity (Wildman–Crippen MR) is 72.8 cm³/mol. The Morgan fingerprint density at radius 3 is 2.61 bits per heavy atom. The van der Waals surface area contributed by atoms with Crippen molar-refractivity contribution in [1.82, 2.24) is 14.5 Å². The topological polar surface area (TPSA) is 50.9 Å². The van der Waals surface area contributed by atoms with Crippen molar-refractivity contribution in [2.24, 2.45) is 0 Å². The third kappa shape index (κ3) is 2.22. The molecular formula is C13H18ClN3O. The molecule has 0 radical (unpaired) electrons. The first kappa shape index (κ1) is 13.3. The molecule has 5 heteroatoms. The molecule has 0 aliphatic rings. The second-order valence-electron chi connectivity index (χ2n) is 4.50. The van der Waals surface area contributed by atoms with Gasteiger partial charge in [0.1, 0.15) is 5.65 Å². The highest BCUT2D eigenvalue weighted by Crippen LogP contribution is 2.30. The van der Waals surface area contributed by atoms with Gasteiger partial charge in [-0.05, 0) is 37.4 Å². The zero-order valence-corrected chi connectivity index (χ0v) is 11.6. The molecule has 2 rings (SSSR count). The number of hydrogen-bond donors (Lipinski definition) is 1. The van der Waals surface area contributed by atoms with E-state index >= 15 is 0 Å². The van der Waals surface area contributed by atoms with Gasteiger partial charge in [0.05, 0.1) is 6.10 Å². The molecule has 0 fully saturated rings. The summed E-state index contributed by atoms with van der Waals surface area (Å²) in [6.45, 7) is 6.03. The molecule has 2 heterocycles. The fraction of sp³-hybridized carbons (Fsp3) is 0.538. The molecule has 0 aliphatic carbocycles. The Balaban J connectivity index is 2.71. The lowest BCUT2D eigenvalue weighted by Crippen LogP contribution is -2.12. The van der Waals surface area contributed by atoms with E-state index in [4.69, 9.17) is 11.6 Å². The van der Waals surface area contributed by atoms with E-state index in [0.29, 0.717) is 6.04 Å². The molecule has 0 saturated heterocycles. The Kier molecular flexibility index (Phi) is 3.88. The van der Waals surface area contributed by atoms with Crippen molar-refractivity contribution in [1.29, 1.82) is 0 Å². The maximum atomic E-state index is 9.91. The highest BCUT2D eigenvalue weighted by Gasteiger charge is 2.19. The second kappa shape index (κ2) is 5.24. The number of rotatable bonds is 4. The summed E-state index contributed by atoms with van der Waals surface area (Å²) >= 11 is 5.87. The van der Waals surface area contributed by atoms with Crippen LogP contribution in [0.15, 0.2) is 12.3 Å². The normalized spacial score (nSPS) is 13.4. The monoisotopic (exact) mass is 267 g/mol. The summed E-state index contributed by atoms with van der Waals surface area (Å²) in [5.41, 5.74) is 1.68. The van der Waals surface area contributed by atoms with Gasteiger partial charge in [0.15, 0.2) is 0 Å². The summed E-state index contributed by atoms with van der Waals surface area (Å²) in [4.78, 5) is 8.29. The van der Waals surface area contributed by atoms with Gasteiger partial charge in [0, 0.05) is 23.3 Å². The number of aliphatic hydroxyl groups excluding tert-OH is 1. The van der Waals surface area contributed by atoms with Crippen LogP contribution < -0.4 is 0 Å². The minimum Gasteiger partial charge on any atom is -0.387 e. The first-order valence-electron chi connectivity index (χ1n) is 6.29. The van der Waals surface area contributed by atoms with Crippen molar-refractivity contribution in [3.8, 4) is 0 Å². The first-order valence-corrected chi connectivity index (χ1v) is 6.67. The molecule has 0 bridgehead atoms. The number of fused-ring (bicyclic) bond motifs is 1. The number of nitrogens with zero attached hydrogens (tertiary/aromatic N) is 3. The van der Waals surface area contributed by atoms with Crippen LogP contribution in [0, 0.1) is 0 Å². The molecule has 0 spiro atoms. The van der Waals surface area contributed by atoms with Gasteiger partial charge in [-0.25, -0.2) is 4.98 Å². The molecule has 2 aromatic rings. The average molecular weight is 268 g/mol. The van der Waals surface area contributed by atoms with Gasteiger partial charge in [-0.2, -0.15) is 4.98 Å². The fourth-order valence-corrected chi connectivity index (χ4v) is 2.50. The standard InChI is InChI=1S/C13H18ClN3O/c1-4-10(5-2)17-11(8(3)18)6-9-7-15-13(14)16-12(9)17/h6-8,10,18H,4-5H2,1-3H3/t8-/m1/s1. The fourth-order valence-electron chi connectivity index (χ4n) is 2.37. The van der Waals surface area contributed by atoms with E-state index in [1.165, 1.54) is 0 Å². The number of aliphatic hydroxyl groups is 1. The lowest BCUT2D eigenvalue weighted by atomic mass is 10.1. The summed E-state index contributed by atoms with van der Waals surface area (Å²) in [6, 6.07) is 2.26.